The molecule has 0 aliphatic carbocycles. The highest BCUT2D eigenvalue weighted by atomic mass is 79.9. The lowest BCUT2D eigenvalue weighted by Gasteiger charge is -2.12. The molecule has 0 fully saturated rings. The lowest BCUT2D eigenvalue weighted by atomic mass is 10.3. The molecule has 2 aromatic rings. The third kappa shape index (κ3) is 2.12. The normalized spacial score (nSPS) is 10.9. The number of hydrogen-bond acceptors (Lipinski definition) is 2. The Morgan fingerprint density at radius 3 is 3.07 bits per heavy atom. The Balaban J connectivity index is 2.38. The smallest absolute Gasteiger partial charge is 0.203 e. The molecule has 0 saturated carbocycles. The number of nitrogens with one attached hydrogen (secondary N) is 1. The Bertz CT molecular complexity index is 469. The Labute approximate surface area is 95.4 Å². The van der Waals surface area contributed by atoms with Crippen molar-refractivity contribution in [3.63, 3.8) is 0 Å². The van der Waals surface area contributed by atoms with Gasteiger partial charge in [0.1, 0.15) is 5.82 Å². The summed E-state index contributed by atoms with van der Waals surface area (Å²) in [6.45, 7) is 0.850. The maximum Gasteiger partial charge on any atom is 0.203 e. The number of halogens is 2. The predicted octanol–water partition coefficient (Wildman–Crippen LogP) is 2.53. The number of anilines is 1. The summed E-state index contributed by atoms with van der Waals surface area (Å²) in [5.74, 6) is 0.510. The van der Waals surface area contributed by atoms with Gasteiger partial charge in [-0.05, 0) is 18.2 Å². The summed E-state index contributed by atoms with van der Waals surface area (Å²) in [5.41, 5.74) is 1.51. The van der Waals surface area contributed by atoms with Gasteiger partial charge in [0.05, 0.1) is 11.0 Å². The van der Waals surface area contributed by atoms with Crippen LogP contribution in [0.4, 0.5) is 10.3 Å². The molecule has 1 aromatic heterocycles. The molecule has 1 aromatic carbocycles. The zero-order chi connectivity index (χ0) is 10.8. The lowest BCUT2D eigenvalue weighted by Crippen LogP contribution is -2.20. The molecule has 80 valence electrons. The van der Waals surface area contributed by atoms with Crippen molar-refractivity contribution in [2.45, 2.75) is 0 Å². The second-order valence-electron chi connectivity index (χ2n) is 3.33. The van der Waals surface area contributed by atoms with E-state index in [4.69, 9.17) is 0 Å². The average Bonchev–Trinajstić information content (AvgIpc) is 2.60. The van der Waals surface area contributed by atoms with Gasteiger partial charge in [-0.3, -0.25) is 0 Å². The molecule has 1 heterocycles. The summed E-state index contributed by atoms with van der Waals surface area (Å²) in [6, 6.07) is 4.54. The standard InChI is InChI=1S/C10H11BrFN3/c1-15(5-4-11)10-13-8-3-2-7(12)6-9(8)14-10/h2-3,6H,4-5H2,1H3,(H,13,14). The number of nitrogens with zero attached hydrogens (tertiary/aromatic N) is 2. The third-order valence-electron chi connectivity index (χ3n) is 2.21. The minimum atomic E-state index is -0.249. The van der Waals surface area contributed by atoms with E-state index in [9.17, 15) is 4.39 Å². The van der Waals surface area contributed by atoms with E-state index in [1.165, 1.54) is 12.1 Å². The Morgan fingerprint density at radius 1 is 1.53 bits per heavy atom. The molecule has 5 heteroatoms. The quantitative estimate of drug-likeness (QED) is 0.871. The van der Waals surface area contributed by atoms with Crippen molar-refractivity contribution < 1.29 is 4.39 Å². The van der Waals surface area contributed by atoms with Crippen molar-refractivity contribution in [2.75, 3.05) is 23.8 Å². The van der Waals surface area contributed by atoms with Crippen molar-refractivity contribution >= 4 is 32.9 Å². The van der Waals surface area contributed by atoms with E-state index in [2.05, 4.69) is 25.9 Å². The van der Waals surface area contributed by atoms with E-state index in [0.29, 0.717) is 0 Å². The number of hydrogen-bond donors (Lipinski definition) is 1. The highest BCUT2D eigenvalue weighted by Crippen LogP contribution is 2.17. The minimum Gasteiger partial charge on any atom is -0.345 e. The van der Waals surface area contributed by atoms with Gasteiger partial charge in [-0.2, -0.15) is 0 Å². The predicted molar refractivity (Wildman–Crippen MR) is 63.1 cm³/mol. The second-order valence-corrected chi connectivity index (χ2v) is 4.13. The number of H-pyrrole nitrogens is 1. The van der Waals surface area contributed by atoms with Crippen LogP contribution in [0.5, 0.6) is 0 Å². The molecule has 2 rings (SSSR count). The SMILES string of the molecule is CN(CCBr)c1nc2ccc(F)cc2[nH]1. The van der Waals surface area contributed by atoms with E-state index < -0.39 is 0 Å². The zero-order valence-corrected chi connectivity index (χ0v) is 9.88. The van der Waals surface area contributed by atoms with Gasteiger partial charge in [-0.15, -0.1) is 0 Å². The maximum absolute atomic E-state index is 12.9. The second kappa shape index (κ2) is 4.18. The molecule has 0 unspecified atom stereocenters. The lowest BCUT2D eigenvalue weighted by molar-refractivity contribution is 0.629. The molecule has 0 spiro atoms. The fourth-order valence-corrected chi connectivity index (χ4v) is 1.91. The Kier molecular flexibility index (Phi) is 2.90. The molecule has 0 bridgehead atoms. The van der Waals surface area contributed by atoms with Crippen LogP contribution in [-0.2, 0) is 0 Å². The molecule has 3 nitrogen and oxygen atoms in total. The van der Waals surface area contributed by atoms with E-state index in [1.807, 2.05) is 11.9 Å². The maximum atomic E-state index is 12.9. The molecule has 0 aliphatic rings. The molecule has 0 atom stereocenters. The molecule has 0 aliphatic heterocycles. The van der Waals surface area contributed by atoms with Gasteiger partial charge in [-0.25, -0.2) is 9.37 Å². The third-order valence-corrected chi connectivity index (χ3v) is 2.57. The van der Waals surface area contributed by atoms with Gasteiger partial charge in [0.2, 0.25) is 5.95 Å². The van der Waals surface area contributed by atoms with Crippen LogP contribution >= 0.6 is 15.9 Å². The summed E-state index contributed by atoms with van der Waals surface area (Å²) in [6.07, 6.45) is 0. The van der Waals surface area contributed by atoms with Gasteiger partial charge in [0.25, 0.3) is 0 Å². The van der Waals surface area contributed by atoms with Gasteiger partial charge < -0.3 is 9.88 Å². The highest BCUT2D eigenvalue weighted by molar-refractivity contribution is 9.09. The molecular formula is C10H11BrFN3. The molecule has 15 heavy (non-hydrogen) atoms. The van der Waals surface area contributed by atoms with E-state index in [0.717, 1.165) is 28.9 Å². The van der Waals surface area contributed by atoms with Crippen LogP contribution in [0.15, 0.2) is 18.2 Å². The van der Waals surface area contributed by atoms with Crippen LogP contribution in [0.25, 0.3) is 11.0 Å². The summed E-state index contributed by atoms with van der Waals surface area (Å²) < 4.78 is 12.9. The zero-order valence-electron chi connectivity index (χ0n) is 8.30. The monoisotopic (exact) mass is 271 g/mol. The van der Waals surface area contributed by atoms with Crippen LogP contribution in [0, 0.1) is 5.82 Å². The fraction of sp³-hybridized carbons (Fsp3) is 0.300. The summed E-state index contributed by atoms with van der Waals surface area (Å²) in [7, 11) is 1.94. The van der Waals surface area contributed by atoms with Gasteiger partial charge in [0, 0.05) is 18.9 Å². The number of aromatic amines is 1. The van der Waals surface area contributed by atoms with Gasteiger partial charge in [-0.1, -0.05) is 15.9 Å². The van der Waals surface area contributed by atoms with Crippen molar-refractivity contribution in [3.05, 3.63) is 24.0 Å². The fourth-order valence-electron chi connectivity index (χ4n) is 1.38. The number of benzene rings is 1. The van der Waals surface area contributed by atoms with Crippen LogP contribution in [0.1, 0.15) is 0 Å². The topological polar surface area (TPSA) is 31.9 Å². The van der Waals surface area contributed by atoms with Crippen molar-refractivity contribution in [1.29, 1.82) is 0 Å². The van der Waals surface area contributed by atoms with Gasteiger partial charge in [0.15, 0.2) is 0 Å². The molecule has 0 saturated heterocycles. The van der Waals surface area contributed by atoms with Crippen LogP contribution in [-0.4, -0.2) is 28.9 Å². The molecule has 1 N–H and O–H groups in total. The number of aromatic nitrogens is 2. The van der Waals surface area contributed by atoms with E-state index >= 15 is 0 Å². The molecule has 0 amide bonds. The van der Waals surface area contributed by atoms with E-state index in [-0.39, 0.29) is 5.82 Å². The van der Waals surface area contributed by atoms with E-state index in [1.54, 1.807) is 6.07 Å². The van der Waals surface area contributed by atoms with Crippen molar-refractivity contribution in [2.24, 2.45) is 0 Å². The van der Waals surface area contributed by atoms with Crippen LogP contribution in [0.3, 0.4) is 0 Å². The highest BCUT2D eigenvalue weighted by Gasteiger charge is 2.06. The van der Waals surface area contributed by atoms with Crippen molar-refractivity contribution in [1.82, 2.24) is 9.97 Å². The average molecular weight is 272 g/mol. The molecule has 0 radical (unpaired) electrons. The first-order chi connectivity index (χ1) is 7.20. The number of fused-ring (bicyclic) bond motifs is 1. The number of alkyl halides is 1. The number of rotatable bonds is 3. The first kappa shape index (κ1) is 10.4. The Hall–Kier alpha value is -1.10. The van der Waals surface area contributed by atoms with Gasteiger partial charge >= 0.3 is 0 Å². The number of imidazole rings is 1. The first-order valence-electron chi connectivity index (χ1n) is 4.63. The van der Waals surface area contributed by atoms with Crippen LogP contribution in [0.2, 0.25) is 0 Å². The van der Waals surface area contributed by atoms with Crippen molar-refractivity contribution in [3.8, 4) is 0 Å². The largest absolute Gasteiger partial charge is 0.345 e. The summed E-state index contributed by atoms with van der Waals surface area (Å²) in [4.78, 5) is 9.41. The minimum absolute atomic E-state index is 0.249. The Morgan fingerprint density at radius 2 is 2.33 bits per heavy atom. The summed E-state index contributed by atoms with van der Waals surface area (Å²) in [5, 5.41) is 0.870. The first-order valence-corrected chi connectivity index (χ1v) is 5.75. The molecular weight excluding hydrogens is 261 g/mol. The summed E-state index contributed by atoms with van der Waals surface area (Å²) >= 11 is 3.36. The van der Waals surface area contributed by atoms with Crippen LogP contribution < -0.4 is 4.90 Å².